The summed E-state index contributed by atoms with van der Waals surface area (Å²) in [6, 6.07) is -0.265. The first kappa shape index (κ1) is 46.9. The minimum absolute atomic E-state index is 0.107. The highest BCUT2D eigenvalue weighted by atomic mass is 16.7. The van der Waals surface area contributed by atoms with Crippen molar-refractivity contribution in [1.82, 2.24) is 4.90 Å². The fraction of sp³-hybridized carbons (Fsp3) is 0.927. The van der Waals surface area contributed by atoms with Crippen LogP contribution in [0.3, 0.4) is 0 Å². The van der Waals surface area contributed by atoms with E-state index in [4.69, 9.17) is 42.6 Å². The highest BCUT2D eigenvalue weighted by molar-refractivity contribution is 5.83. The van der Waals surface area contributed by atoms with Crippen LogP contribution in [0.15, 0.2) is 0 Å². The number of nitrogens with zero attached hydrogens (tertiary/aromatic N) is 1. The zero-order valence-corrected chi connectivity index (χ0v) is 36.4. The number of epoxide rings is 1. The van der Waals surface area contributed by atoms with Gasteiger partial charge in [-0.3, -0.25) is 14.4 Å². The molecule has 0 aromatic rings. The molecule has 0 aromatic carbocycles. The molecule has 0 bridgehead atoms. The van der Waals surface area contributed by atoms with Crippen LogP contribution in [-0.2, 0) is 57.0 Å². The first-order valence-electron chi connectivity index (χ1n) is 20.3. The third-order valence-corrected chi connectivity index (χ3v) is 13.4. The zero-order valence-electron chi connectivity index (χ0n) is 36.4. The molecule has 18 atom stereocenters. The number of cyclic esters (lactones) is 1. The maximum absolute atomic E-state index is 14.4. The summed E-state index contributed by atoms with van der Waals surface area (Å²) in [5.41, 5.74) is -4.66. The molecular weight excluding hydrogens is 730 g/mol. The normalized spacial score (nSPS) is 48.3. The van der Waals surface area contributed by atoms with Gasteiger partial charge in [0.05, 0.1) is 54.7 Å². The molecule has 0 aromatic heterocycles. The molecule has 0 aliphatic carbocycles. The third kappa shape index (κ3) is 9.17. The Balaban J connectivity index is 1.88. The number of carbonyl (C=O) groups excluding carboxylic acids is 3. The molecule has 4 rings (SSSR count). The molecule has 0 amide bonds. The van der Waals surface area contributed by atoms with E-state index >= 15 is 0 Å². The van der Waals surface area contributed by atoms with Gasteiger partial charge < -0.3 is 57.7 Å². The summed E-state index contributed by atoms with van der Waals surface area (Å²) in [6.45, 7) is 19.4. The number of carbonyl (C=O) groups is 3. The molecule has 56 heavy (non-hydrogen) atoms. The number of esters is 2. The molecular formula is C41H71NO14. The summed E-state index contributed by atoms with van der Waals surface area (Å²) in [5, 5.41) is 23.2. The predicted octanol–water partition coefficient (Wildman–Crippen LogP) is 3.42. The number of aliphatic hydroxyl groups excluding tert-OH is 1. The van der Waals surface area contributed by atoms with Crippen molar-refractivity contribution in [1.29, 1.82) is 0 Å². The minimum atomic E-state index is -1.97. The molecule has 324 valence electrons. The Labute approximate surface area is 333 Å². The average Bonchev–Trinajstić information content (AvgIpc) is 3.95. The maximum atomic E-state index is 14.4. The van der Waals surface area contributed by atoms with Gasteiger partial charge in [-0.05, 0) is 74.9 Å². The maximum Gasteiger partial charge on any atom is 0.311 e. The average molecular weight is 802 g/mol. The molecule has 15 nitrogen and oxygen atoms in total. The van der Waals surface area contributed by atoms with Crippen molar-refractivity contribution in [3.8, 4) is 0 Å². The Morgan fingerprint density at radius 1 is 0.929 bits per heavy atom. The second kappa shape index (κ2) is 17.8. The Kier molecular flexibility index (Phi) is 14.9. The fourth-order valence-corrected chi connectivity index (χ4v) is 9.55. The minimum Gasteiger partial charge on any atom is -0.459 e. The second-order valence-electron chi connectivity index (χ2n) is 17.8. The van der Waals surface area contributed by atoms with Gasteiger partial charge in [-0.2, -0.15) is 0 Å². The Bertz CT molecular complexity index is 1370. The van der Waals surface area contributed by atoms with E-state index in [1.165, 1.54) is 21.0 Å². The number of ketones is 1. The number of hydrogen-bond donors (Lipinski definition) is 2. The van der Waals surface area contributed by atoms with Gasteiger partial charge in [0.2, 0.25) is 0 Å². The van der Waals surface area contributed by atoms with Crippen molar-refractivity contribution in [2.45, 2.75) is 186 Å². The van der Waals surface area contributed by atoms with Crippen LogP contribution >= 0.6 is 0 Å². The van der Waals surface area contributed by atoms with E-state index in [-0.39, 0.29) is 37.2 Å². The lowest BCUT2D eigenvalue weighted by Crippen LogP contribution is -2.62. The van der Waals surface area contributed by atoms with Gasteiger partial charge in [0.15, 0.2) is 18.7 Å². The van der Waals surface area contributed by atoms with Crippen LogP contribution in [0.25, 0.3) is 0 Å². The summed E-state index contributed by atoms with van der Waals surface area (Å²) >= 11 is 0. The quantitative estimate of drug-likeness (QED) is 0.256. The molecule has 4 saturated heterocycles. The first-order chi connectivity index (χ1) is 25.9. The van der Waals surface area contributed by atoms with E-state index in [1.807, 2.05) is 53.6 Å². The SMILES string of the molecule is CC[C@H]1OC(=O)[C@H](C)[C@@H](O[C@H]2C[C@@](C)(OC)[C@@]3(CO3)[C@H](C)O2)[C@H](C)[C@@H](O[C@@H]2O[C@H](C)C[C@H](N(C)C)[C@H]2OC(C)=O)[C@@](C)(OC)C[C@@H](C)C(=O)[C@H](C)[C@@H](O)[C@]1(C)O. The van der Waals surface area contributed by atoms with Gasteiger partial charge in [-0.25, -0.2) is 0 Å². The third-order valence-electron chi connectivity index (χ3n) is 13.4. The number of ether oxygens (including phenoxy) is 9. The fourth-order valence-electron chi connectivity index (χ4n) is 9.55. The number of Topliss-reactive ketones (excluding diaryl/α,β-unsaturated/α-hetero) is 1. The molecule has 1 spiro atoms. The van der Waals surface area contributed by atoms with Crippen molar-refractivity contribution >= 4 is 17.7 Å². The van der Waals surface area contributed by atoms with Crippen LogP contribution in [0.4, 0.5) is 0 Å². The molecule has 2 N–H and O–H groups in total. The van der Waals surface area contributed by atoms with E-state index in [0.717, 1.165) is 0 Å². The van der Waals surface area contributed by atoms with E-state index in [0.29, 0.717) is 13.0 Å². The number of hydrogen-bond acceptors (Lipinski definition) is 15. The summed E-state index contributed by atoms with van der Waals surface area (Å²) in [7, 11) is 6.94. The van der Waals surface area contributed by atoms with Crippen molar-refractivity contribution in [2.75, 3.05) is 34.9 Å². The van der Waals surface area contributed by atoms with E-state index in [2.05, 4.69) is 0 Å². The summed E-state index contributed by atoms with van der Waals surface area (Å²) in [4.78, 5) is 43.0. The zero-order chi connectivity index (χ0) is 42.3. The first-order valence-corrected chi connectivity index (χ1v) is 20.3. The van der Waals surface area contributed by atoms with E-state index in [9.17, 15) is 24.6 Å². The standard InChI is InChI=1S/C41H71NO14/c1-16-29-40(11,47)34(45)23(4)31(44)21(2)18-38(9,48-14)35(56-37-33(53-27(8)43)28(42(12)13)17-22(3)51-37)24(5)32(25(6)36(46)54-29)55-30-19-39(10,49-15)41(20-50-41)26(7)52-30/h21-26,28-30,32-35,37,45,47H,16-20H2,1-15H3/t21-,22-,23+,24+,25-,26+,28+,29-,30+,32+,33-,34-,35-,37+,38+,39-,40-,41-/m1/s1. The monoisotopic (exact) mass is 801 g/mol. The number of aliphatic hydroxyl groups is 2. The number of rotatable bonds is 9. The number of likely N-dealkylation sites (N-methyl/N-ethyl adjacent to an activating group) is 1. The molecule has 0 unspecified atom stereocenters. The lowest BCUT2D eigenvalue weighted by Gasteiger charge is -2.50. The highest BCUT2D eigenvalue weighted by Gasteiger charge is 2.67. The van der Waals surface area contributed by atoms with E-state index < -0.39 is 107 Å². The molecule has 15 heteroatoms. The van der Waals surface area contributed by atoms with Gasteiger partial charge in [0.1, 0.15) is 28.7 Å². The van der Waals surface area contributed by atoms with Gasteiger partial charge in [0.25, 0.3) is 0 Å². The smallest absolute Gasteiger partial charge is 0.311 e. The van der Waals surface area contributed by atoms with Crippen LogP contribution in [-0.4, -0.2) is 152 Å². The van der Waals surface area contributed by atoms with Crippen LogP contribution in [0.5, 0.6) is 0 Å². The number of methoxy groups -OCH3 is 2. The highest BCUT2D eigenvalue weighted by Crippen LogP contribution is 2.51. The van der Waals surface area contributed by atoms with Crippen LogP contribution in [0, 0.1) is 23.7 Å². The van der Waals surface area contributed by atoms with Gasteiger partial charge in [-0.15, -0.1) is 0 Å². The largest absolute Gasteiger partial charge is 0.459 e. The van der Waals surface area contributed by atoms with Gasteiger partial charge in [0, 0.05) is 45.3 Å². The Morgan fingerprint density at radius 2 is 1.55 bits per heavy atom. The topological polar surface area (TPSA) is 181 Å². The Hall–Kier alpha value is -1.79. The van der Waals surface area contributed by atoms with Crippen LogP contribution in [0.1, 0.15) is 102 Å². The van der Waals surface area contributed by atoms with Crippen LogP contribution in [0.2, 0.25) is 0 Å². The van der Waals surface area contributed by atoms with E-state index in [1.54, 1.807) is 34.8 Å². The van der Waals surface area contributed by atoms with Gasteiger partial charge in [-0.1, -0.05) is 27.7 Å². The molecule has 0 saturated carbocycles. The summed E-state index contributed by atoms with van der Waals surface area (Å²) in [6.07, 6.45) is -7.09. The Morgan fingerprint density at radius 3 is 2.07 bits per heavy atom. The van der Waals surface area contributed by atoms with Crippen molar-refractivity contribution in [3.63, 3.8) is 0 Å². The molecule has 4 fully saturated rings. The lowest BCUT2D eigenvalue weighted by molar-refractivity contribution is -0.317. The summed E-state index contributed by atoms with van der Waals surface area (Å²) < 4.78 is 57.1. The molecule has 4 aliphatic rings. The van der Waals surface area contributed by atoms with Crippen LogP contribution < -0.4 is 0 Å². The molecule has 4 aliphatic heterocycles. The second-order valence-corrected chi connectivity index (χ2v) is 17.8. The summed E-state index contributed by atoms with van der Waals surface area (Å²) in [5.74, 6) is -4.96. The van der Waals surface area contributed by atoms with Gasteiger partial charge >= 0.3 is 11.9 Å². The van der Waals surface area contributed by atoms with Crippen molar-refractivity contribution in [2.24, 2.45) is 23.7 Å². The van der Waals surface area contributed by atoms with Crippen molar-refractivity contribution in [3.05, 3.63) is 0 Å². The molecule has 0 radical (unpaired) electrons. The predicted molar refractivity (Wildman–Crippen MR) is 203 cm³/mol. The lowest BCUT2D eigenvalue weighted by atomic mass is 9.73. The molecule has 4 heterocycles. The van der Waals surface area contributed by atoms with Crippen molar-refractivity contribution < 1.29 is 67.2 Å².